The summed E-state index contributed by atoms with van der Waals surface area (Å²) >= 11 is 5.94. The smallest absolute Gasteiger partial charge is 0.251 e. The predicted octanol–water partition coefficient (Wildman–Crippen LogP) is 4.39. The van der Waals surface area contributed by atoms with E-state index in [1.54, 1.807) is 36.3 Å². The van der Waals surface area contributed by atoms with E-state index in [-0.39, 0.29) is 28.9 Å². The van der Waals surface area contributed by atoms with Gasteiger partial charge in [0.15, 0.2) is 11.3 Å². The first-order valence-corrected chi connectivity index (χ1v) is 13.3. The van der Waals surface area contributed by atoms with Gasteiger partial charge < -0.3 is 22.1 Å². The fourth-order valence-corrected chi connectivity index (χ4v) is 4.28. The lowest BCUT2D eigenvalue weighted by atomic mass is 10.1. The Kier molecular flexibility index (Phi) is 7.76. The standard InChI is InChI=1S/C18H23N7O.C9H12ClN5/c1-10-6-7-11(16(26)20-5)8-13(10)22-14-12-9-21-25(18(2,3)4)15(12)24-17(19)23-14;1-9(2,3)15-7-5(4-12-15)6(10)13-8(11)14-7/h6-9H,1-5H3,(H,20,26)(H3,19,22,23,24);4H,1-3H3,(H2,11,13,14). The van der Waals surface area contributed by atoms with Gasteiger partial charge >= 0.3 is 0 Å². The maximum absolute atomic E-state index is 11.9. The fraction of sp³-hybridized carbons (Fsp3) is 0.370. The number of aryl methyl sites for hydroxylation is 1. The Morgan fingerprint density at radius 2 is 1.39 bits per heavy atom. The molecule has 0 bridgehead atoms. The van der Waals surface area contributed by atoms with Crippen molar-refractivity contribution in [2.24, 2.45) is 0 Å². The van der Waals surface area contributed by atoms with Crippen LogP contribution in [0.1, 0.15) is 57.5 Å². The molecule has 0 aliphatic heterocycles. The summed E-state index contributed by atoms with van der Waals surface area (Å²) in [7, 11) is 1.60. The summed E-state index contributed by atoms with van der Waals surface area (Å²) in [6, 6.07) is 5.45. The van der Waals surface area contributed by atoms with Crippen molar-refractivity contribution in [3.8, 4) is 0 Å². The number of rotatable bonds is 3. The molecule has 41 heavy (non-hydrogen) atoms. The van der Waals surface area contributed by atoms with Crippen LogP contribution < -0.4 is 22.1 Å². The van der Waals surface area contributed by atoms with Gasteiger partial charge in [-0.1, -0.05) is 17.7 Å². The number of carbonyl (C=O) groups excluding carboxylic acids is 1. The van der Waals surface area contributed by atoms with E-state index in [4.69, 9.17) is 23.1 Å². The number of anilines is 4. The number of nitrogen functional groups attached to an aromatic ring is 2. The summed E-state index contributed by atoms with van der Waals surface area (Å²) in [5.74, 6) is 0.728. The molecule has 0 saturated carbocycles. The molecule has 1 aromatic carbocycles. The van der Waals surface area contributed by atoms with E-state index in [0.717, 1.165) is 22.0 Å². The van der Waals surface area contributed by atoms with Crippen molar-refractivity contribution in [3.05, 3.63) is 46.9 Å². The van der Waals surface area contributed by atoms with Gasteiger partial charge in [-0.25, -0.2) is 14.3 Å². The lowest BCUT2D eigenvalue weighted by molar-refractivity contribution is 0.0963. The van der Waals surface area contributed by atoms with Gasteiger partial charge in [-0.3, -0.25) is 4.79 Å². The monoisotopic (exact) mass is 578 g/mol. The Balaban J connectivity index is 0.000000218. The quantitative estimate of drug-likeness (QED) is 0.224. The maximum Gasteiger partial charge on any atom is 0.251 e. The third-order valence-corrected chi connectivity index (χ3v) is 6.38. The number of amides is 1. The van der Waals surface area contributed by atoms with Crippen LogP contribution in [0.15, 0.2) is 30.6 Å². The Labute approximate surface area is 242 Å². The molecule has 0 atom stereocenters. The molecule has 4 aromatic heterocycles. The molecule has 13 nitrogen and oxygen atoms in total. The zero-order valence-electron chi connectivity index (χ0n) is 24.4. The maximum atomic E-state index is 11.9. The van der Waals surface area contributed by atoms with Crippen LogP contribution in [0.3, 0.4) is 0 Å². The third kappa shape index (κ3) is 6.14. The zero-order valence-corrected chi connectivity index (χ0v) is 25.2. The highest BCUT2D eigenvalue weighted by molar-refractivity contribution is 6.34. The number of nitrogens with one attached hydrogen (secondary N) is 2. The highest BCUT2D eigenvalue weighted by atomic mass is 35.5. The minimum absolute atomic E-state index is 0.152. The Morgan fingerprint density at radius 1 is 0.854 bits per heavy atom. The number of carbonyl (C=O) groups is 1. The average molecular weight is 579 g/mol. The molecule has 0 saturated heterocycles. The molecule has 0 aliphatic rings. The third-order valence-electron chi connectivity index (χ3n) is 6.10. The molecule has 0 radical (unpaired) electrons. The van der Waals surface area contributed by atoms with E-state index in [9.17, 15) is 4.79 Å². The van der Waals surface area contributed by atoms with E-state index in [1.165, 1.54) is 0 Å². The first kappa shape index (κ1) is 29.5. The second-order valence-electron chi connectivity index (χ2n) is 11.5. The van der Waals surface area contributed by atoms with Crippen LogP contribution in [0.5, 0.6) is 0 Å². The minimum Gasteiger partial charge on any atom is -0.368 e. The summed E-state index contributed by atoms with van der Waals surface area (Å²) in [6.07, 6.45) is 3.38. The largest absolute Gasteiger partial charge is 0.368 e. The number of nitrogens with zero attached hydrogens (tertiary/aromatic N) is 8. The normalized spacial score (nSPS) is 11.8. The summed E-state index contributed by atoms with van der Waals surface area (Å²) in [5, 5.41) is 16.4. The first-order chi connectivity index (χ1) is 19.1. The molecule has 5 aromatic rings. The van der Waals surface area contributed by atoms with E-state index in [0.29, 0.717) is 27.8 Å². The number of nitrogens with two attached hydrogens (primary N) is 2. The van der Waals surface area contributed by atoms with Gasteiger partial charge in [-0.2, -0.15) is 25.1 Å². The second-order valence-corrected chi connectivity index (χ2v) is 11.8. The molecule has 0 unspecified atom stereocenters. The van der Waals surface area contributed by atoms with E-state index >= 15 is 0 Å². The number of hydrogen-bond acceptors (Lipinski definition) is 10. The van der Waals surface area contributed by atoms with Crippen molar-refractivity contribution < 1.29 is 4.79 Å². The molecule has 6 N–H and O–H groups in total. The second kappa shape index (κ2) is 10.8. The lowest BCUT2D eigenvalue weighted by Gasteiger charge is -2.20. The van der Waals surface area contributed by atoms with E-state index in [2.05, 4.69) is 40.8 Å². The first-order valence-electron chi connectivity index (χ1n) is 12.9. The molecule has 5 rings (SSSR count). The molecular formula is C27H35ClN12O. The van der Waals surface area contributed by atoms with Gasteiger partial charge in [0, 0.05) is 18.3 Å². The summed E-state index contributed by atoms with van der Waals surface area (Å²) in [5.41, 5.74) is 14.7. The van der Waals surface area contributed by atoms with Crippen molar-refractivity contribution in [1.29, 1.82) is 0 Å². The van der Waals surface area contributed by atoms with Crippen molar-refractivity contribution >= 4 is 63.0 Å². The van der Waals surface area contributed by atoms with Crippen molar-refractivity contribution in [3.63, 3.8) is 0 Å². The summed E-state index contributed by atoms with van der Waals surface area (Å²) < 4.78 is 3.60. The van der Waals surface area contributed by atoms with Gasteiger partial charge in [-0.05, 0) is 66.2 Å². The molecule has 0 fully saturated rings. The molecular weight excluding hydrogens is 544 g/mol. The van der Waals surface area contributed by atoms with Crippen molar-refractivity contribution in [2.75, 3.05) is 23.8 Å². The van der Waals surface area contributed by atoms with Crippen LogP contribution in [0.2, 0.25) is 5.15 Å². The topological polar surface area (TPSA) is 180 Å². The number of halogens is 1. The van der Waals surface area contributed by atoms with E-state index in [1.807, 2.05) is 59.2 Å². The fourth-order valence-electron chi connectivity index (χ4n) is 4.06. The highest BCUT2D eigenvalue weighted by Crippen LogP contribution is 2.29. The van der Waals surface area contributed by atoms with Crippen LogP contribution >= 0.6 is 11.6 Å². The Hall–Kier alpha value is -4.52. The van der Waals surface area contributed by atoms with Gasteiger partial charge in [-0.15, -0.1) is 0 Å². The minimum atomic E-state index is -0.241. The Morgan fingerprint density at radius 3 is 1.95 bits per heavy atom. The molecule has 4 heterocycles. The highest BCUT2D eigenvalue weighted by Gasteiger charge is 2.22. The molecule has 0 aliphatic carbocycles. The van der Waals surface area contributed by atoms with Gasteiger partial charge in [0.25, 0.3) is 5.91 Å². The van der Waals surface area contributed by atoms with Gasteiger partial charge in [0.1, 0.15) is 11.0 Å². The summed E-state index contributed by atoms with van der Waals surface area (Å²) in [4.78, 5) is 28.6. The number of hydrogen-bond donors (Lipinski definition) is 4. The number of aromatic nitrogens is 8. The summed E-state index contributed by atoms with van der Waals surface area (Å²) in [6.45, 7) is 14.2. The van der Waals surface area contributed by atoms with Gasteiger partial charge in [0.2, 0.25) is 11.9 Å². The number of benzene rings is 1. The van der Waals surface area contributed by atoms with Gasteiger partial charge in [0.05, 0.1) is 34.2 Å². The average Bonchev–Trinajstić information content (AvgIpc) is 3.50. The van der Waals surface area contributed by atoms with Crippen LogP contribution in [0.4, 0.5) is 23.4 Å². The SMILES string of the molecule is CC(C)(C)n1ncc2c(Cl)nc(N)nc21.CNC(=O)c1ccc(C)c(Nc2nc(N)nc3c2cnn3C(C)(C)C)c1. The number of fused-ring (bicyclic) bond motifs is 2. The van der Waals surface area contributed by atoms with Crippen molar-refractivity contribution in [2.45, 2.75) is 59.5 Å². The lowest BCUT2D eigenvalue weighted by Crippen LogP contribution is -2.23. The molecule has 216 valence electrons. The van der Waals surface area contributed by atoms with Crippen molar-refractivity contribution in [1.82, 2.24) is 44.8 Å². The zero-order chi connectivity index (χ0) is 30.3. The van der Waals surface area contributed by atoms with Crippen LogP contribution in [-0.2, 0) is 11.1 Å². The predicted molar refractivity (Wildman–Crippen MR) is 162 cm³/mol. The molecule has 14 heteroatoms. The molecule has 0 spiro atoms. The van der Waals surface area contributed by atoms with E-state index < -0.39 is 0 Å². The molecule has 1 amide bonds. The van der Waals surface area contributed by atoms with Crippen LogP contribution in [0, 0.1) is 6.92 Å². The van der Waals surface area contributed by atoms with Crippen LogP contribution in [-0.4, -0.2) is 52.5 Å². The Bertz CT molecular complexity index is 1740. The van der Waals surface area contributed by atoms with Crippen LogP contribution in [0.25, 0.3) is 22.1 Å².